The Morgan fingerprint density at radius 3 is 2.84 bits per heavy atom. The van der Waals surface area contributed by atoms with Crippen molar-refractivity contribution in [2.75, 3.05) is 24.5 Å². The molecule has 134 valence electrons. The van der Waals surface area contributed by atoms with Crippen LogP contribution in [-0.2, 0) is 12.8 Å². The Morgan fingerprint density at radius 2 is 2.12 bits per heavy atom. The summed E-state index contributed by atoms with van der Waals surface area (Å²) < 4.78 is 0. The lowest BCUT2D eigenvalue weighted by atomic mass is 10.1. The molecule has 0 spiro atoms. The highest BCUT2D eigenvalue weighted by atomic mass is 35.5. The summed E-state index contributed by atoms with van der Waals surface area (Å²) in [4.78, 5) is 19.4. The Bertz CT molecular complexity index is 725. The van der Waals surface area contributed by atoms with Crippen LogP contribution in [0.3, 0.4) is 0 Å². The lowest BCUT2D eigenvalue weighted by Gasteiger charge is -2.29. The Hall–Kier alpha value is -1.59. The van der Waals surface area contributed by atoms with E-state index in [1.54, 1.807) is 11.3 Å². The maximum atomic E-state index is 12.5. The Kier molecular flexibility index (Phi) is 6.32. The number of hydrogen-bond donors (Lipinski definition) is 1. The van der Waals surface area contributed by atoms with Gasteiger partial charge in [-0.2, -0.15) is 0 Å². The summed E-state index contributed by atoms with van der Waals surface area (Å²) in [6.45, 7) is 4.76. The number of anilines is 1. The summed E-state index contributed by atoms with van der Waals surface area (Å²) in [5.74, 6) is -0.116. The molecule has 2 aromatic rings. The van der Waals surface area contributed by atoms with E-state index in [0.717, 1.165) is 42.3 Å². The van der Waals surface area contributed by atoms with Gasteiger partial charge < -0.3 is 10.2 Å². The van der Waals surface area contributed by atoms with Crippen molar-refractivity contribution in [1.82, 2.24) is 10.3 Å². The molecule has 3 rings (SSSR count). The zero-order valence-electron chi connectivity index (χ0n) is 14.6. The minimum Gasteiger partial charge on any atom is -0.372 e. The number of aromatic nitrogens is 1. The van der Waals surface area contributed by atoms with Crippen molar-refractivity contribution in [2.24, 2.45) is 0 Å². The fourth-order valence-corrected chi connectivity index (χ4v) is 4.04. The molecule has 0 saturated carbocycles. The minimum atomic E-state index is -0.116. The van der Waals surface area contributed by atoms with Crippen LogP contribution in [0.2, 0.25) is 5.02 Å². The second-order valence-corrected chi connectivity index (χ2v) is 7.65. The number of halogens is 1. The smallest absolute Gasteiger partial charge is 0.252 e. The second kappa shape index (κ2) is 8.68. The van der Waals surface area contributed by atoms with Gasteiger partial charge in [0, 0.05) is 37.1 Å². The highest BCUT2D eigenvalue weighted by Crippen LogP contribution is 2.25. The molecule has 0 aliphatic carbocycles. The van der Waals surface area contributed by atoms with Crippen LogP contribution in [0.5, 0.6) is 0 Å². The van der Waals surface area contributed by atoms with Crippen LogP contribution in [0, 0.1) is 0 Å². The van der Waals surface area contributed by atoms with Gasteiger partial charge in [0.2, 0.25) is 0 Å². The van der Waals surface area contributed by atoms with Gasteiger partial charge in [-0.25, -0.2) is 4.98 Å². The summed E-state index contributed by atoms with van der Waals surface area (Å²) >= 11 is 7.93. The van der Waals surface area contributed by atoms with Gasteiger partial charge in [-0.05, 0) is 43.9 Å². The van der Waals surface area contributed by atoms with E-state index in [0.29, 0.717) is 17.1 Å². The van der Waals surface area contributed by atoms with E-state index in [9.17, 15) is 4.79 Å². The molecule has 2 heterocycles. The number of aryl methyl sites for hydroxylation is 1. The molecule has 1 aromatic carbocycles. The van der Waals surface area contributed by atoms with Gasteiger partial charge in [-0.1, -0.05) is 18.5 Å². The van der Waals surface area contributed by atoms with Crippen LogP contribution >= 0.6 is 22.9 Å². The molecule has 4 nitrogen and oxygen atoms in total. The van der Waals surface area contributed by atoms with Crippen molar-refractivity contribution >= 4 is 34.5 Å². The van der Waals surface area contributed by atoms with Crippen LogP contribution in [-0.4, -0.2) is 30.5 Å². The van der Waals surface area contributed by atoms with E-state index in [-0.39, 0.29) is 5.91 Å². The highest BCUT2D eigenvalue weighted by Gasteiger charge is 2.16. The van der Waals surface area contributed by atoms with Crippen molar-refractivity contribution in [2.45, 2.75) is 39.0 Å². The van der Waals surface area contributed by atoms with Crippen molar-refractivity contribution in [3.05, 3.63) is 44.9 Å². The molecule has 1 amide bonds. The number of benzene rings is 1. The van der Waals surface area contributed by atoms with Gasteiger partial charge in [0.1, 0.15) is 0 Å². The van der Waals surface area contributed by atoms with E-state index in [1.165, 1.54) is 19.3 Å². The number of hydrogen-bond acceptors (Lipinski definition) is 4. The summed E-state index contributed by atoms with van der Waals surface area (Å²) in [6, 6.07) is 5.75. The summed E-state index contributed by atoms with van der Waals surface area (Å²) in [5.41, 5.74) is 2.67. The number of rotatable bonds is 6. The van der Waals surface area contributed by atoms with E-state index in [1.807, 2.05) is 18.2 Å². The molecule has 1 aliphatic rings. The van der Waals surface area contributed by atoms with Crippen LogP contribution in [0.15, 0.2) is 23.6 Å². The van der Waals surface area contributed by atoms with Gasteiger partial charge in [0.15, 0.2) is 0 Å². The number of amides is 1. The van der Waals surface area contributed by atoms with Crippen molar-refractivity contribution in [3.63, 3.8) is 0 Å². The Balaban J connectivity index is 1.60. The predicted molar refractivity (Wildman–Crippen MR) is 105 cm³/mol. The van der Waals surface area contributed by atoms with E-state index in [2.05, 4.69) is 27.5 Å². The number of nitrogens with zero attached hydrogens (tertiary/aromatic N) is 2. The average Bonchev–Trinajstić information content (AvgIpc) is 3.11. The third-order valence-corrected chi connectivity index (χ3v) is 5.86. The third kappa shape index (κ3) is 4.73. The molecule has 25 heavy (non-hydrogen) atoms. The van der Waals surface area contributed by atoms with E-state index >= 15 is 0 Å². The fraction of sp³-hybridized carbons (Fsp3) is 0.474. The standard InChI is InChI=1S/C19H24ClN3OS/c1-2-18-22-14(13-25-18)8-9-21-19(24)16-12-15(6-7-17(16)20)23-10-4-3-5-11-23/h6-7,12-13H,2-5,8-11H2,1H3,(H,21,24). The second-order valence-electron chi connectivity index (χ2n) is 6.30. The first kappa shape index (κ1) is 18.2. The topological polar surface area (TPSA) is 45.2 Å². The minimum absolute atomic E-state index is 0.116. The van der Waals surface area contributed by atoms with Crippen LogP contribution < -0.4 is 10.2 Å². The summed E-state index contributed by atoms with van der Waals surface area (Å²) in [7, 11) is 0. The van der Waals surface area contributed by atoms with Gasteiger partial charge in [-0.15, -0.1) is 11.3 Å². The van der Waals surface area contributed by atoms with Gasteiger partial charge in [-0.3, -0.25) is 4.79 Å². The normalized spacial score (nSPS) is 14.6. The first-order valence-corrected chi connectivity index (χ1v) is 10.2. The largest absolute Gasteiger partial charge is 0.372 e. The molecule has 1 aliphatic heterocycles. The first-order valence-electron chi connectivity index (χ1n) is 8.93. The SMILES string of the molecule is CCc1nc(CCNC(=O)c2cc(N3CCCCC3)ccc2Cl)cs1. The number of nitrogens with one attached hydrogen (secondary N) is 1. The Labute approximate surface area is 158 Å². The molecule has 1 fully saturated rings. The zero-order valence-corrected chi connectivity index (χ0v) is 16.1. The number of carbonyl (C=O) groups is 1. The van der Waals surface area contributed by atoms with Gasteiger partial charge in [0.25, 0.3) is 5.91 Å². The molecule has 0 radical (unpaired) electrons. The van der Waals surface area contributed by atoms with E-state index < -0.39 is 0 Å². The van der Waals surface area contributed by atoms with Crippen LogP contribution in [0.1, 0.15) is 47.2 Å². The van der Waals surface area contributed by atoms with Crippen LogP contribution in [0.25, 0.3) is 0 Å². The maximum Gasteiger partial charge on any atom is 0.252 e. The number of carbonyl (C=O) groups excluding carboxylic acids is 1. The molecule has 1 N–H and O–H groups in total. The average molecular weight is 378 g/mol. The summed E-state index contributed by atoms with van der Waals surface area (Å²) in [5, 5.41) is 6.67. The molecular formula is C19H24ClN3OS. The molecule has 0 bridgehead atoms. The molecule has 0 atom stereocenters. The lowest BCUT2D eigenvalue weighted by molar-refractivity contribution is 0.0954. The Morgan fingerprint density at radius 1 is 1.32 bits per heavy atom. The number of thiazole rings is 1. The fourth-order valence-electron chi connectivity index (χ4n) is 3.06. The van der Waals surface area contributed by atoms with Gasteiger partial charge in [0.05, 0.1) is 21.3 Å². The quantitative estimate of drug-likeness (QED) is 0.815. The van der Waals surface area contributed by atoms with Crippen molar-refractivity contribution < 1.29 is 4.79 Å². The molecule has 0 unspecified atom stereocenters. The highest BCUT2D eigenvalue weighted by molar-refractivity contribution is 7.09. The molecular weight excluding hydrogens is 354 g/mol. The first-order chi connectivity index (χ1) is 12.2. The molecule has 1 saturated heterocycles. The lowest BCUT2D eigenvalue weighted by Crippen LogP contribution is -2.30. The van der Waals surface area contributed by atoms with E-state index in [4.69, 9.17) is 11.6 Å². The summed E-state index contributed by atoms with van der Waals surface area (Å²) in [6.07, 6.45) is 5.39. The maximum absolute atomic E-state index is 12.5. The zero-order chi connectivity index (χ0) is 17.6. The van der Waals surface area contributed by atoms with Crippen molar-refractivity contribution in [1.29, 1.82) is 0 Å². The molecule has 6 heteroatoms. The van der Waals surface area contributed by atoms with Gasteiger partial charge >= 0.3 is 0 Å². The van der Waals surface area contributed by atoms with Crippen LogP contribution in [0.4, 0.5) is 5.69 Å². The molecule has 1 aromatic heterocycles. The number of piperidine rings is 1. The van der Waals surface area contributed by atoms with Crippen molar-refractivity contribution in [3.8, 4) is 0 Å². The monoisotopic (exact) mass is 377 g/mol. The third-order valence-electron chi connectivity index (χ3n) is 4.48. The predicted octanol–water partition coefficient (Wildman–Crippen LogP) is 4.32.